The van der Waals surface area contributed by atoms with Gasteiger partial charge in [-0.25, -0.2) is 9.67 Å². The first kappa shape index (κ1) is 16.8. The van der Waals surface area contributed by atoms with Crippen LogP contribution < -0.4 is 0 Å². The SMILES string of the molecule is Cc1ccc(-c2cc(/N=C/c3ccccc3O)n(-c3ccccc3)n2)cc1. The zero-order valence-electron chi connectivity index (χ0n) is 14.9. The first-order chi connectivity index (χ1) is 13.2. The summed E-state index contributed by atoms with van der Waals surface area (Å²) in [6.45, 7) is 2.06. The van der Waals surface area contributed by atoms with Crippen LogP contribution in [0.5, 0.6) is 5.75 Å². The van der Waals surface area contributed by atoms with Crippen LogP contribution in [0.15, 0.2) is 89.9 Å². The Morgan fingerprint density at radius 1 is 0.889 bits per heavy atom. The van der Waals surface area contributed by atoms with Gasteiger partial charge < -0.3 is 5.11 Å². The van der Waals surface area contributed by atoms with Crippen molar-refractivity contribution >= 4 is 12.0 Å². The Morgan fingerprint density at radius 2 is 1.59 bits per heavy atom. The molecular formula is C23H19N3O. The van der Waals surface area contributed by atoms with Crippen molar-refractivity contribution in [2.45, 2.75) is 6.92 Å². The number of phenolic OH excluding ortho intramolecular Hbond substituents is 1. The van der Waals surface area contributed by atoms with Crippen LogP contribution in [0.1, 0.15) is 11.1 Å². The van der Waals surface area contributed by atoms with Crippen molar-refractivity contribution in [2.24, 2.45) is 4.99 Å². The van der Waals surface area contributed by atoms with Crippen LogP contribution in [-0.4, -0.2) is 21.1 Å². The third-order valence-corrected chi connectivity index (χ3v) is 4.31. The summed E-state index contributed by atoms with van der Waals surface area (Å²) in [5.41, 5.74) is 4.69. The molecule has 1 N–H and O–H groups in total. The van der Waals surface area contributed by atoms with Gasteiger partial charge in [0.25, 0.3) is 0 Å². The third-order valence-electron chi connectivity index (χ3n) is 4.31. The number of nitrogens with zero attached hydrogens (tertiary/aromatic N) is 3. The molecule has 4 aromatic rings. The molecular weight excluding hydrogens is 334 g/mol. The number of aliphatic imine (C=N–C) groups is 1. The van der Waals surface area contributed by atoms with Crippen LogP contribution in [0, 0.1) is 6.92 Å². The van der Waals surface area contributed by atoms with Crippen molar-refractivity contribution in [3.63, 3.8) is 0 Å². The smallest absolute Gasteiger partial charge is 0.156 e. The molecule has 0 amide bonds. The monoisotopic (exact) mass is 353 g/mol. The summed E-state index contributed by atoms with van der Waals surface area (Å²) < 4.78 is 1.81. The number of aromatic hydroxyl groups is 1. The number of phenols is 1. The second kappa shape index (κ2) is 7.30. The molecule has 0 bridgehead atoms. The average Bonchev–Trinajstić information content (AvgIpc) is 3.13. The molecule has 1 heterocycles. The van der Waals surface area contributed by atoms with Crippen LogP contribution in [0.3, 0.4) is 0 Å². The van der Waals surface area contributed by atoms with Crippen LogP contribution >= 0.6 is 0 Å². The quantitative estimate of drug-likeness (QED) is 0.506. The molecule has 0 aliphatic carbocycles. The first-order valence-corrected chi connectivity index (χ1v) is 8.75. The fourth-order valence-electron chi connectivity index (χ4n) is 2.82. The highest BCUT2D eigenvalue weighted by molar-refractivity contribution is 5.85. The molecule has 0 fully saturated rings. The maximum atomic E-state index is 9.97. The van der Waals surface area contributed by atoms with Crippen molar-refractivity contribution in [1.29, 1.82) is 0 Å². The van der Waals surface area contributed by atoms with E-state index in [2.05, 4.69) is 36.2 Å². The molecule has 0 aliphatic heterocycles. The molecule has 0 saturated heterocycles. The minimum atomic E-state index is 0.200. The molecule has 132 valence electrons. The van der Waals surface area contributed by atoms with E-state index in [1.54, 1.807) is 18.3 Å². The second-order valence-corrected chi connectivity index (χ2v) is 6.32. The van der Waals surface area contributed by atoms with Gasteiger partial charge >= 0.3 is 0 Å². The summed E-state index contributed by atoms with van der Waals surface area (Å²) in [7, 11) is 0. The lowest BCUT2D eigenvalue weighted by atomic mass is 10.1. The average molecular weight is 353 g/mol. The zero-order valence-corrected chi connectivity index (χ0v) is 14.9. The largest absolute Gasteiger partial charge is 0.507 e. The van der Waals surface area contributed by atoms with Crippen molar-refractivity contribution in [1.82, 2.24) is 9.78 Å². The van der Waals surface area contributed by atoms with Gasteiger partial charge in [0.05, 0.1) is 11.4 Å². The second-order valence-electron chi connectivity index (χ2n) is 6.32. The van der Waals surface area contributed by atoms with Crippen LogP contribution in [-0.2, 0) is 0 Å². The fraction of sp³-hybridized carbons (Fsp3) is 0.0435. The van der Waals surface area contributed by atoms with Crippen LogP contribution in [0.4, 0.5) is 5.82 Å². The minimum Gasteiger partial charge on any atom is -0.507 e. The van der Waals surface area contributed by atoms with E-state index >= 15 is 0 Å². The van der Waals surface area contributed by atoms with E-state index in [1.807, 2.05) is 53.2 Å². The van der Waals surface area contributed by atoms with E-state index in [0.29, 0.717) is 11.4 Å². The molecule has 0 saturated carbocycles. The van der Waals surface area contributed by atoms with Gasteiger partial charge in [-0.15, -0.1) is 0 Å². The van der Waals surface area contributed by atoms with E-state index in [4.69, 9.17) is 5.10 Å². The maximum Gasteiger partial charge on any atom is 0.156 e. The number of aromatic nitrogens is 2. The van der Waals surface area contributed by atoms with Crippen molar-refractivity contribution in [3.8, 4) is 22.7 Å². The lowest BCUT2D eigenvalue weighted by Gasteiger charge is -2.03. The molecule has 27 heavy (non-hydrogen) atoms. The van der Waals surface area contributed by atoms with E-state index in [0.717, 1.165) is 16.9 Å². The summed E-state index contributed by atoms with van der Waals surface area (Å²) in [5, 5.41) is 14.7. The lowest BCUT2D eigenvalue weighted by molar-refractivity contribution is 0.474. The van der Waals surface area contributed by atoms with Gasteiger partial charge in [0, 0.05) is 23.4 Å². The maximum absolute atomic E-state index is 9.97. The zero-order chi connectivity index (χ0) is 18.6. The number of hydrogen-bond donors (Lipinski definition) is 1. The number of para-hydroxylation sites is 2. The normalized spacial score (nSPS) is 11.1. The van der Waals surface area contributed by atoms with Crippen LogP contribution in [0.2, 0.25) is 0 Å². The van der Waals surface area contributed by atoms with Crippen LogP contribution in [0.25, 0.3) is 16.9 Å². The minimum absolute atomic E-state index is 0.200. The summed E-state index contributed by atoms with van der Waals surface area (Å²) in [5.74, 6) is 0.894. The van der Waals surface area contributed by atoms with E-state index < -0.39 is 0 Å². The molecule has 0 atom stereocenters. The predicted octanol–water partition coefficient (Wildman–Crippen LogP) is 5.30. The highest BCUT2D eigenvalue weighted by Gasteiger charge is 2.10. The Bertz CT molecular complexity index is 1080. The van der Waals surface area contributed by atoms with Crippen molar-refractivity contribution < 1.29 is 5.11 Å². The molecule has 4 nitrogen and oxygen atoms in total. The van der Waals surface area contributed by atoms with Gasteiger partial charge in [-0.2, -0.15) is 5.10 Å². The molecule has 0 aliphatic rings. The van der Waals surface area contributed by atoms with Gasteiger partial charge in [0.2, 0.25) is 0 Å². The Kier molecular flexibility index (Phi) is 4.54. The summed E-state index contributed by atoms with van der Waals surface area (Å²) in [6, 6.07) is 27.2. The molecule has 0 radical (unpaired) electrons. The van der Waals surface area contributed by atoms with Crippen molar-refractivity contribution in [2.75, 3.05) is 0 Å². The Morgan fingerprint density at radius 3 is 2.33 bits per heavy atom. The first-order valence-electron chi connectivity index (χ1n) is 8.75. The fourth-order valence-corrected chi connectivity index (χ4v) is 2.82. The van der Waals surface area contributed by atoms with Gasteiger partial charge in [0.1, 0.15) is 5.75 Å². The Hall–Kier alpha value is -3.66. The number of aryl methyl sites for hydroxylation is 1. The number of benzene rings is 3. The highest BCUT2D eigenvalue weighted by Crippen LogP contribution is 2.27. The highest BCUT2D eigenvalue weighted by atomic mass is 16.3. The predicted molar refractivity (Wildman–Crippen MR) is 109 cm³/mol. The summed E-state index contributed by atoms with van der Waals surface area (Å²) in [6.07, 6.45) is 1.66. The molecule has 3 aromatic carbocycles. The van der Waals surface area contributed by atoms with Gasteiger partial charge in [0.15, 0.2) is 5.82 Å². The molecule has 4 rings (SSSR count). The van der Waals surface area contributed by atoms with Gasteiger partial charge in [-0.1, -0.05) is 60.2 Å². The molecule has 0 unspecified atom stereocenters. The van der Waals surface area contributed by atoms with Gasteiger partial charge in [-0.3, -0.25) is 0 Å². The molecule has 4 heteroatoms. The number of hydrogen-bond acceptors (Lipinski definition) is 3. The van der Waals surface area contributed by atoms with Gasteiger partial charge in [-0.05, 0) is 31.2 Å². The third kappa shape index (κ3) is 3.65. The van der Waals surface area contributed by atoms with E-state index in [-0.39, 0.29) is 5.75 Å². The van der Waals surface area contributed by atoms with E-state index in [1.165, 1.54) is 5.56 Å². The summed E-state index contributed by atoms with van der Waals surface area (Å²) >= 11 is 0. The van der Waals surface area contributed by atoms with Crippen molar-refractivity contribution in [3.05, 3.63) is 96.1 Å². The number of rotatable bonds is 4. The Balaban J connectivity index is 1.79. The standard InChI is InChI=1S/C23H19N3O/c1-17-11-13-18(14-12-17)21-15-23(24-16-19-7-5-6-10-22(19)27)26(25-21)20-8-3-2-4-9-20/h2-16,27H,1H3/b24-16+. The molecule has 0 spiro atoms. The molecule has 1 aromatic heterocycles. The lowest BCUT2D eigenvalue weighted by Crippen LogP contribution is -1.96. The topological polar surface area (TPSA) is 50.4 Å². The summed E-state index contributed by atoms with van der Waals surface area (Å²) in [4.78, 5) is 4.59. The van der Waals surface area contributed by atoms with E-state index in [9.17, 15) is 5.11 Å². The Labute approximate surface area is 158 Å².